The van der Waals surface area contributed by atoms with E-state index in [0.717, 1.165) is 12.8 Å². The van der Waals surface area contributed by atoms with Gasteiger partial charge in [-0.1, -0.05) is 19.3 Å². The summed E-state index contributed by atoms with van der Waals surface area (Å²) in [5, 5.41) is 3.00. The number of cyclic esters (lactones) is 1. The Kier molecular flexibility index (Phi) is 4.12. The fourth-order valence-electron chi connectivity index (χ4n) is 2.54. The summed E-state index contributed by atoms with van der Waals surface area (Å²) in [5.74, 6) is -1.18. The lowest BCUT2D eigenvalue weighted by Gasteiger charge is -2.30. The van der Waals surface area contributed by atoms with Crippen LogP contribution in [0.2, 0.25) is 0 Å². The van der Waals surface area contributed by atoms with Gasteiger partial charge in [0.2, 0.25) is 11.7 Å². The summed E-state index contributed by atoms with van der Waals surface area (Å²) in [5.41, 5.74) is 0. The van der Waals surface area contributed by atoms with Crippen LogP contribution in [0, 0.1) is 0 Å². The van der Waals surface area contributed by atoms with E-state index in [2.05, 4.69) is 5.32 Å². The molecule has 1 saturated carbocycles. The number of esters is 1. The predicted molar refractivity (Wildman–Crippen MR) is 69.0 cm³/mol. The van der Waals surface area contributed by atoms with Gasteiger partial charge in [0, 0.05) is 19.9 Å². The molecule has 0 atom stereocenters. The summed E-state index contributed by atoms with van der Waals surface area (Å²) < 4.78 is 10.4. The minimum absolute atomic E-state index is 0.0923. The number of carbonyl (C=O) groups excluding carboxylic acids is 2. The zero-order valence-electron chi connectivity index (χ0n) is 11.5. The van der Waals surface area contributed by atoms with Gasteiger partial charge in [-0.15, -0.1) is 0 Å². The molecular weight excluding hydrogens is 246 g/mol. The number of rotatable bonds is 3. The highest BCUT2D eigenvalue weighted by molar-refractivity contribution is 5.86. The lowest BCUT2D eigenvalue weighted by molar-refractivity contribution is -0.205. The van der Waals surface area contributed by atoms with E-state index in [4.69, 9.17) is 9.47 Å². The molecule has 1 amide bonds. The van der Waals surface area contributed by atoms with Crippen LogP contribution in [-0.2, 0) is 19.1 Å². The topological polar surface area (TPSA) is 64.6 Å². The number of hydrogen-bond acceptors (Lipinski definition) is 4. The van der Waals surface area contributed by atoms with Crippen molar-refractivity contribution in [2.45, 2.75) is 64.2 Å². The van der Waals surface area contributed by atoms with Gasteiger partial charge in [0.05, 0.1) is 12.5 Å². The summed E-state index contributed by atoms with van der Waals surface area (Å²) in [6.45, 7) is 3.30. The van der Waals surface area contributed by atoms with E-state index in [1.807, 2.05) is 0 Å². The zero-order chi connectivity index (χ0) is 13.9. The zero-order valence-corrected chi connectivity index (χ0v) is 11.5. The van der Waals surface area contributed by atoms with Crippen molar-refractivity contribution in [2.24, 2.45) is 0 Å². The molecule has 2 aliphatic rings. The van der Waals surface area contributed by atoms with Crippen LogP contribution < -0.4 is 5.32 Å². The molecule has 106 valence electrons. The van der Waals surface area contributed by atoms with Gasteiger partial charge in [-0.25, -0.2) is 4.79 Å². The van der Waals surface area contributed by atoms with Gasteiger partial charge in [-0.2, -0.15) is 0 Å². The Morgan fingerprint density at radius 3 is 2.63 bits per heavy atom. The monoisotopic (exact) mass is 267 g/mol. The molecule has 0 spiro atoms. The van der Waals surface area contributed by atoms with Crippen LogP contribution in [0.15, 0.2) is 11.8 Å². The molecule has 0 aromatic rings. The third-order valence-corrected chi connectivity index (χ3v) is 3.31. The number of amides is 1. The Balaban J connectivity index is 1.86. The summed E-state index contributed by atoms with van der Waals surface area (Å²) >= 11 is 0. The quantitative estimate of drug-likeness (QED) is 0.794. The molecule has 19 heavy (non-hydrogen) atoms. The maximum absolute atomic E-state index is 11.9. The second-order valence-corrected chi connectivity index (χ2v) is 5.61. The van der Waals surface area contributed by atoms with Crippen molar-refractivity contribution in [3.63, 3.8) is 0 Å². The molecular formula is C14H21NO4. The normalized spacial score (nSPS) is 23.1. The lowest BCUT2D eigenvalue weighted by Crippen LogP contribution is -2.38. The summed E-state index contributed by atoms with van der Waals surface area (Å²) in [7, 11) is 0. The van der Waals surface area contributed by atoms with Gasteiger partial charge in [0.1, 0.15) is 5.76 Å². The van der Waals surface area contributed by atoms with Crippen molar-refractivity contribution in [1.82, 2.24) is 5.32 Å². The minimum Gasteiger partial charge on any atom is -0.456 e. The number of hydrogen-bond donors (Lipinski definition) is 1. The molecule has 2 rings (SSSR count). The lowest BCUT2D eigenvalue weighted by atomic mass is 9.95. The van der Waals surface area contributed by atoms with E-state index >= 15 is 0 Å². The van der Waals surface area contributed by atoms with Gasteiger partial charge >= 0.3 is 5.97 Å². The third kappa shape index (κ3) is 4.26. The van der Waals surface area contributed by atoms with Crippen molar-refractivity contribution in [3.8, 4) is 0 Å². The first-order valence-electron chi connectivity index (χ1n) is 6.86. The van der Waals surface area contributed by atoms with Gasteiger partial charge in [-0.3, -0.25) is 4.79 Å². The number of carbonyl (C=O) groups is 2. The van der Waals surface area contributed by atoms with Gasteiger partial charge in [0.15, 0.2) is 0 Å². The number of ether oxygens (including phenoxy) is 2. The Morgan fingerprint density at radius 2 is 2.00 bits per heavy atom. The standard InChI is InChI=1S/C14H21NO4/c1-14(2)18-11(9-13(17)19-14)8-12(16)15-10-6-4-3-5-7-10/h9-10H,3-8H2,1-2H3,(H,15,16). The largest absolute Gasteiger partial charge is 0.456 e. The van der Waals surface area contributed by atoms with Crippen molar-refractivity contribution in [1.29, 1.82) is 0 Å². The van der Waals surface area contributed by atoms with E-state index in [0.29, 0.717) is 5.76 Å². The molecule has 1 aliphatic carbocycles. The summed E-state index contributed by atoms with van der Waals surface area (Å²) in [6, 6.07) is 0.269. The van der Waals surface area contributed by atoms with E-state index in [1.165, 1.54) is 25.3 Å². The third-order valence-electron chi connectivity index (χ3n) is 3.31. The van der Waals surface area contributed by atoms with E-state index in [1.54, 1.807) is 13.8 Å². The van der Waals surface area contributed by atoms with Crippen LogP contribution in [0.4, 0.5) is 0 Å². The average Bonchev–Trinajstić information content (AvgIpc) is 2.26. The molecule has 0 aromatic heterocycles. The second-order valence-electron chi connectivity index (χ2n) is 5.61. The highest BCUT2D eigenvalue weighted by atomic mass is 16.7. The SMILES string of the molecule is CC1(C)OC(=O)C=C(CC(=O)NC2CCCCC2)O1. The maximum atomic E-state index is 11.9. The average molecular weight is 267 g/mol. The first-order valence-corrected chi connectivity index (χ1v) is 6.86. The fourth-order valence-corrected chi connectivity index (χ4v) is 2.54. The predicted octanol–water partition coefficient (Wildman–Crippen LogP) is 2.02. The van der Waals surface area contributed by atoms with Crippen molar-refractivity contribution in [2.75, 3.05) is 0 Å². The van der Waals surface area contributed by atoms with E-state index in [-0.39, 0.29) is 18.4 Å². The number of nitrogens with one attached hydrogen (secondary N) is 1. The fraction of sp³-hybridized carbons (Fsp3) is 0.714. The second kappa shape index (κ2) is 5.63. The van der Waals surface area contributed by atoms with Gasteiger partial charge in [-0.05, 0) is 12.8 Å². The van der Waals surface area contributed by atoms with E-state index < -0.39 is 11.8 Å². The molecule has 0 bridgehead atoms. The van der Waals surface area contributed by atoms with Crippen molar-refractivity contribution < 1.29 is 19.1 Å². The van der Waals surface area contributed by atoms with Crippen LogP contribution in [0.5, 0.6) is 0 Å². The molecule has 5 nitrogen and oxygen atoms in total. The van der Waals surface area contributed by atoms with Gasteiger partial charge < -0.3 is 14.8 Å². The molecule has 1 N–H and O–H groups in total. The highest BCUT2D eigenvalue weighted by Crippen LogP contribution is 2.24. The van der Waals surface area contributed by atoms with Crippen LogP contribution in [0.25, 0.3) is 0 Å². The molecule has 0 aromatic carbocycles. The molecule has 1 fully saturated rings. The molecule has 0 unspecified atom stereocenters. The minimum atomic E-state index is -0.994. The smallest absolute Gasteiger partial charge is 0.337 e. The van der Waals surface area contributed by atoms with Gasteiger partial charge in [0.25, 0.3) is 0 Å². The van der Waals surface area contributed by atoms with E-state index in [9.17, 15) is 9.59 Å². The maximum Gasteiger partial charge on any atom is 0.337 e. The molecule has 0 saturated heterocycles. The Bertz CT molecular complexity index is 394. The van der Waals surface area contributed by atoms with Crippen molar-refractivity contribution in [3.05, 3.63) is 11.8 Å². The Hall–Kier alpha value is -1.52. The Labute approximate surface area is 113 Å². The Morgan fingerprint density at radius 1 is 1.32 bits per heavy atom. The van der Waals surface area contributed by atoms with Crippen LogP contribution in [-0.4, -0.2) is 23.7 Å². The molecule has 5 heteroatoms. The van der Waals surface area contributed by atoms with Crippen LogP contribution >= 0.6 is 0 Å². The van der Waals surface area contributed by atoms with Crippen LogP contribution in [0.1, 0.15) is 52.4 Å². The summed E-state index contributed by atoms with van der Waals surface area (Å²) in [6.07, 6.45) is 7.01. The van der Waals surface area contributed by atoms with Crippen molar-refractivity contribution >= 4 is 11.9 Å². The van der Waals surface area contributed by atoms with Crippen LogP contribution in [0.3, 0.4) is 0 Å². The molecule has 0 radical (unpaired) electrons. The molecule has 1 heterocycles. The highest BCUT2D eigenvalue weighted by Gasteiger charge is 2.31. The first-order chi connectivity index (χ1) is 8.94. The molecule has 1 aliphatic heterocycles. The summed E-state index contributed by atoms with van der Waals surface area (Å²) in [4.78, 5) is 23.3. The first kappa shape index (κ1) is 13.9.